The van der Waals surface area contributed by atoms with Gasteiger partial charge in [0.25, 0.3) is 0 Å². The molecule has 5 heterocycles. The fourth-order valence-electron chi connectivity index (χ4n) is 4.50. The maximum atomic E-state index is 12.6. The number of hydrogen-bond donors (Lipinski definition) is 0. The highest BCUT2D eigenvalue weighted by atomic mass is 32.2. The van der Waals surface area contributed by atoms with Gasteiger partial charge in [-0.2, -0.15) is 9.40 Å². The van der Waals surface area contributed by atoms with Gasteiger partial charge in [0.2, 0.25) is 15.9 Å². The van der Waals surface area contributed by atoms with Crippen molar-refractivity contribution in [2.24, 2.45) is 0 Å². The number of fused-ring (bicyclic) bond motifs is 1. The lowest BCUT2D eigenvalue weighted by molar-refractivity contribution is -0.118. The largest absolute Gasteiger partial charge is 0.310 e. The molecule has 0 atom stereocenters. The summed E-state index contributed by atoms with van der Waals surface area (Å²) < 4.78 is 27.0. The van der Waals surface area contributed by atoms with Gasteiger partial charge in [-0.1, -0.05) is 13.8 Å². The zero-order valence-electron chi connectivity index (χ0n) is 21.1. The molecule has 1 fully saturated rings. The van der Waals surface area contributed by atoms with Crippen LogP contribution in [0.15, 0.2) is 55.1 Å². The quantitative estimate of drug-likeness (QED) is 0.385. The van der Waals surface area contributed by atoms with E-state index in [1.807, 2.05) is 41.2 Å². The highest BCUT2D eigenvalue weighted by Gasteiger charge is 2.26. The molecular formula is C26H29N7O3S. The third kappa shape index (κ3) is 5.37. The molecule has 0 N–H and O–H groups in total. The molecule has 4 aromatic heterocycles. The Kier molecular flexibility index (Phi) is 6.74. The molecule has 0 aromatic carbocycles. The van der Waals surface area contributed by atoms with Crippen LogP contribution in [0.25, 0.3) is 16.8 Å². The van der Waals surface area contributed by atoms with E-state index in [1.54, 1.807) is 17.3 Å². The highest BCUT2D eigenvalue weighted by molar-refractivity contribution is 7.88. The standard InChI is InChI=1S/C26H29N7O3S/c1-18(2)22-17-29-33-11-7-19(14-24(22)33)23-6-9-27-25(30-23)15-20-4-5-21(16-28-20)32-13-12-31(37(3,35)36)10-8-26(32)34/h4-7,9,11,14,16-18H,8,10,12-13,15H2,1-3H3. The van der Waals surface area contributed by atoms with E-state index in [2.05, 4.69) is 35.0 Å². The van der Waals surface area contributed by atoms with Crippen molar-refractivity contribution >= 4 is 27.1 Å². The molecule has 1 aliphatic rings. The molecule has 11 heteroatoms. The van der Waals surface area contributed by atoms with Crippen LogP contribution in [0.1, 0.15) is 43.3 Å². The second-order valence-corrected chi connectivity index (χ2v) is 11.5. The van der Waals surface area contributed by atoms with Crippen LogP contribution in [0, 0.1) is 0 Å². The van der Waals surface area contributed by atoms with Crippen molar-refractivity contribution in [3.05, 3.63) is 72.2 Å². The Hall–Kier alpha value is -3.70. The van der Waals surface area contributed by atoms with Crippen LogP contribution in [0.2, 0.25) is 0 Å². The number of amides is 1. The number of aromatic nitrogens is 5. The minimum atomic E-state index is -3.34. The van der Waals surface area contributed by atoms with E-state index in [4.69, 9.17) is 4.98 Å². The topological polar surface area (TPSA) is 114 Å². The Balaban J connectivity index is 1.32. The molecule has 0 radical (unpaired) electrons. The Morgan fingerprint density at radius 3 is 2.59 bits per heavy atom. The van der Waals surface area contributed by atoms with E-state index in [9.17, 15) is 13.2 Å². The molecule has 1 saturated heterocycles. The van der Waals surface area contributed by atoms with Crippen molar-refractivity contribution in [1.82, 2.24) is 28.9 Å². The van der Waals surface area contributed by atoms with Crippen molar-refractivity contribution in [2.75, 3.05) is 30.8 Å². The van der Waals surface area contributed by atoms with Crippen molar-refractivity contribution in [2.45, 2.75) is 32.6 Å². The monoisotopic (exact) mass is 519 g/mol. The van der Waals surface area contributed by atoms with Crippen molar-refractivity contribution in [3.63, 3.8) is 0 Å². The molecule has 0 saturated carbocycles. The average molecular weight is 520 g/mol. The third-order valence-electron chi connectivity index (χ3n) is 6.55. The Morgan fingerprint density at radius 2 is 1.86 bits per heavy atom. The highest BCUT2D eigenvalue weighted by Crippen LogP contribution is 2.25. The van der Waals surface area contributed by atoms with Gasteiger partial charge in [-0.25, -0.2) is 22.9 Å². The molecule has 192 valence electrons. The summed E-state index contributed by atoms with van der Waals surface area (Å²) in [5.41, 5.74) is 5.48. The summed E-state index contributed by atoms with van der Waals surface area (Å²) in [6.07, 6.45) is 8.99. The number of sulfonamides is 1. The summed E-state index contributed by atoms with van der Waals surface area (Å²) in [6, 6.07) is 9.67. The summed E-state index contributed by atoms with van der Waals surface area (Å²) in [5.74, 6) is 0.892. The molecule has 1 aliphatic heterocycles. The predicted molar refractivity (Wildman–Crippen MR) is 141 cm³/mol. The number of carbonyl (C=O) groups is 1. The fourth-order valence-corrected chi connectivity index (χ4v) is 5.34. The number of nitrogens with zero attached hydrogens (tertiary/aromatic N) is 7. The molecule has 37 heavy (non-hydrogen) atoms. The van der Waals surface area contributed by atoms with Crippen LogP contribution in [0.3, 0.4) is 0 Å². The molecule has 1 amide bonds. The maximum absolute atomic E-state index is 12.6. The Bertz CT molecular complexity index is 1550. The SMILES string of the molecule is CC(C)c1cnn2ccc(-c3ccnc(Cc4ccc(N5CCN(S(C)(=O)=O)CCC5=O)cn4)n3)cc12. The van der Waals surface area contributed by atoms with Gasteiger partial charge in [-0.3, -0.25) is 9.78 Å². The summed E-state index contributed by atoms with van der Waals surface area (Å²) in [4.78, 5) is 27.9. The molecule has 0 bridgehead atoms. The van der Waals surface area contributed by atoms with Gasteiger partial charge in [0, 0.05) is 55.3 Å². The van der Waals surface area contributed by atoms with Gasteiger partial charge in [0.05, 0.1) is 42.0 Å². The van der Waals surface area contributed by atoms with Crippen molar-refractivity contribution in [1.29, 1.82) is 0 Å². The summed E-state index contributed by atoms with van der Waals surface area (Å²) in [5, 5.41) is 4.44. The summed E-state index contributed by atoms with van der Waals surface area (Å²) in [7, 11) is -3.34. The first kappa shape index (κ1) is 25.0. The van der Waals surface area contributed by atoms with E-state index in [-0.39, 0.29) is 32.0 Å². The van der Waals surface area contributed by atoms with Crippen LogP contribution in [0.5, 0.6) is 0 Å². The molecule has 10 nitrogen and oxygen atoms in total. The molecule has 5 rings (SSSR count). The van der Waals surface area contributed by atoms with Crippen LogP contribution in [-0.4, -0.2) is 69.1 Å². The van der Waals surface area contributed by atoms with Gasteiger partial charge >= 0.3 is 0 Å². The molecule has 4 aromatic rings. The maximum Gasteiger partial charge on any atom is 0.228 e. The number of anilines is 1. The van der Waals surface area contributed by atoms with E-state index in [0.29, 0.717) is 23.9 Å². The third-order valence-corrected chi connectivity index (χ3v) is 7.86. The lowest BCUT2D eigenvalue weighted by Crippen LogP contribution is -2.35. The lowest BCUT2D eigenvalue weighted by Gasteiger charge is -2.21. The van der Waals surface area contributed by atoms with Crippen LogP contribution < -0.4 is 4.90 Å². The van der Waals surface area contributed by atoms with Crippen LogP contribution in [0.4, 0.5) is 5.69 Å². The second-order valence-electron chi connectivity index (χ2n) is 9.50. The average Bonchev–Trinajstić information content (AvgIpc) is 3.19. The fraction of sp³-hybridized carbons (Fsp3) is 0.346. The zero-order valence-corrected chi connectivity index (χ0v) is 21.9. The normalized spacial score (nSPS) is 15.5. The zero-order chi connectivity index (χ0) is 26.2. The van der Waals surface area contributed by atoms with Crippen molar-refractivity contribution < 1.29 is 13.2 Å². The van der Waals surface area contributed by atoms with Crippen LogP contribution >= 0.6 is 0 Å². The first-order valence-electron chi connectivity index (χ1n) is 12.2. The molecule has 0 spiro atoms. The van der Waals surface area contributed by atoms with E-state index < -0.39 is 10.0 Å². The minimum Gasteiger partial charge on any atom is -0.310 e. The van der Waals surface area contributed by atoms with E-state index >= 15 is 0 Å². The molecule has 0 unspecified atom stereocenters. The second kappa shape index (κ2) is 9.98. The Labute approximate surface area is 216 Å². The van der Waals surface area contributed by atoms with Gasteiger partial charge in [0.15, 0.2) is 0 Å². The van der Waals surface area contributed by atoms with E-state index in [0.717, 1.165) is 22.5 Å². The van der Waals surface area contributed by atoms with E-state index in [1.165, 1.54) is 16.1 Å². The summed E-state index contributed by atoms with van der Waals surface area (Å²) >= 11 is 0. The smallest absolute Gasteiger partial charge is 0.228 e. The van der Waals surface area contributed by atoms with Gasteiger partial charge in [-0.15, -0.1) is 0 Å². The lowest BCUT2D eigenvalue weighted by atomic mass is 10.0. The summed E-state index contributed by atoms with van der Waals surface area (Å²) in [6.45, 7) is 5.05. The van der Waals surface area contributed by atoms with Gasteiger partial charge < -0.3 is 4.90 Å². The van der Waals surface area contributed by atoms with Crippen LogP contribution in [-0.2, 0) is 21.2 Å². The minimum absolute atomic E-state index is 0.118. The number of pyridine rings is 2. The first-order chi connectivity index (χ1) is 17.7. The first-order valence-corrected chi connectivity index (χ1v) is 14.0. The number of rotatable bonds is 6. The molecular weight excluding hydrogens is 490 g/mol. The molecule has 0 aliphatic carbocycles. The van der Waals surface area contributed by atoms with Crippen molar-refractivity contribution in [3.8, 4) is 11.3 Å². The van der Waals surface area contributed by atoms with Gasteiger partial charge in [-0.05, 0) is 36.2 Å². The number of hydrogen-bond acceptors (Lipinski definition) is 7. The van der Waals surface area contributed by atoms with Gasteiger partial charge in [0.1, 0.15) is 5.82 Å². The number of carbonyl (C=O) groups excluding carboxylic acids is 1. The Morgan fingerprint density at radius 1 is 1.03 bits per heavy atom. The predicted octanol–water partition coefficient (Wildman–Crippen LogP) is 2.90.